The monoisotopic (exact) mass is 309 g/mol. The Morgan fingerprint density at radius 2 is 1.80 bits per heavy atom. The van der Waals surface area contributed by atoms with Gasteiger partial charge in [-0.1, -0.05) is 26.2 Å². The second kappa shape index (κ2) is 5.35. The van der Waals surface area contributed by atoms with Gasteiger partial charge in [0.05, 0.1) is 0 Å². The van der Waals surface area contributed by atoms with Crippen molar-refractivity contribution in [2.75, 3.05) is 0 Å². The second-order valence-corrected chi connectivity index (χ2v) is 3.31. The van der Waals surface area contributed by atoms with Crippen LogP contribution in [0.1, 0.15) is 46.0 Å². The molecule has 0 saturated heterocycles. The molecule has 0 aliphatic heterocycles. The molecule has 1 aliphatic rings. The summed E-state index contributed by atoms with van der Waals surface area (Å²) >= 11 is 0. The molecule has 0 atom stereocenters. The summed E-state index contributed by atoms with van der Waals surface area (Å²) in [4.78, 5) is 0. The Kier molecular flexibility index (Phi) is 5.72. The van der Waals surface area contributed by atoms with Crippen LogP contribution in [-0.2, 0) is 21.1 Å². The molecule has 58 valence electrons. The van der Waals surface area contributed by atoms with Gasteiger partial charge in [0.15, 0.2) is 0 Å². The molecule has 1 fully saturated rings. The average molecular weight is 309 g/mol. The van der Waals surface area contributed by atoms with Crippen molar-refractivity contribution < 1.29 is 21.1 Å². The Morgan fingerprint density at radius 1 is 1.30 bits per heavy atom. The SMILES string of the molecule is CCC1CC[C-](C)CC1.[W+2]. The molecule has 0 bridgehead atoms. The molecule has 0 spiro atoms. The zero-order valence-electron chi connectivity index (χ0n) is 7.02. The summed E-state index contributed by atoms with van der Waals surface area (Å²) in [6.07, 6.45) is 7.12. The van der Waals surface area contributed by atoms with Crippen molar-refractivity contribution in [1.82, 2.24) is 0 Å². The van der Waals surface area contributed by atoms with Crippen LogP contribution in [0.25, 0.3) is 0 Å². The fraction of sp³-hybridized carbons (Fsp3) is 0.889. The van der Waals surface area contributed by atoms with Crippen molar-refractivity contribution in [3.63, 3.8) is 0 Å². The fourth-order valence-electron chi connectivity index (χ4n) is 1.58. The molecular formula is C9H17W+. The maximum absolute atomic E-state index is 2.31. The van der Waals surface area contributed by atoms with E-state index in [2.05, 4.69) is 13.8 Å². The largest absolute Gasteiger partial charge is 2.00 e. The Morgan fingerprint density at radius 3 is 2.20 bits per heavy atom. The van der Waals surface area contributed by atoms with Crippen LogP contribution in [0.15, 0.2) is 0 Å². The summed E-state index contributed by atoms with van der Waals surface area (Å²) in [6, 6.07) is 0. The Bertz CT molecular complexity index is 72.8. The van der Waals surface area contributed by atoms with Crippen LogP contribution in [-0.4, -0.2) is 0 Å². The maximum Gasteiger partial charge on any atom is 2.00 e. The van der Waals surface area contributed by atoms with E-state index < -0.39 is 0 Å². The molecule has 1 heteroatoms. The van der Waals surface area contributed by atoms with Crippen molar-refractivity contribution in [1.29, 1.82) is 0 Å². The number of rotatable bonds is 1. The summed E-state index contributed by atoms with van der Waals surface area (Å²) in [5.74, 6) is 2.77. The normalized spacial score (nSPS) is 22.2. The van der Waals surface area contributed by atoms with E-state index in [-0.39, 0.29) is 21.1 Å². The quantitative estimate of drug-likeness (QED) is 0.653. The topological polar surface area (TPSA) is 0 Å². The fourth-order valence-corrected chi connectivity index (χ4v) is 1.58. The van der Waals surface area contributed by atoms with Crippen molar-refractivity contribution in [2.45, 2.75) is 46.0 Å². The minimum Gasteiger partial charge on any atom is -0.317 e. The van der Waals surface area contributed by atoms with Gasteiger partial charge in [-0.2, -0.15) is 19.8 Å². The van der Waals surface area contributed by atoms with Crippen molar-refractivity contribution >= 4 is 0 Å². The summed E-state index contributed by atoms with van der Waals surface area (Å²) in [6.45, 7) is 4.61. The van der Waals surface area contributed by atoms with Gasteiger partial charge in [0, 0.05) is 0 Å². The van der Waals surface area contributed by atoms with Crippen LogP contribution in [0.4, 0.5) is 0 Å². The molecule has 0 amide bonds. The van der Waals surface area contributed by atoms with E-state index in [0.717, 1.165) is 5.92 Å². The van der Waals surface area contributed by atoms with Crippen LogP contribution in [0.5, 0.6) is 0 Å². The van der Waals surface area contributed by atoms with Gasteiger partial charge in [-0.05, 0) is 5.92 Å². The van der Waals surface area contributed by atoms with E-state index >= 15 is 0 Å². The maximum atomic E-state index is 2.31. The molecule has 0 heterocycles. The third-order valence-corrected chi connectivity index (χ3v) is 2.54. The first-order valence-electron chi connectivity index (χ1n) is 4.14. The van der Waals surface area contributed by atoms with Crippen molar-refractivity contribution in [2.24, 2.45) is 5.92 Å². The van der Waals surface area contributed by atoms with Gasteiger partial charge in [0.1, 0.15) is 0 Å². The van der Waals surface area contributed by atoms with Crippen LogP contribution >= 0.6 is 0 Å². The molecule has 1 aliphatic carbocycles. The van der Waals surface area contributed by atoms with E-state index in [1.165, 1.54) is 32.1 Å². The summed E-state index contributed by atoms with van der Waals surface area (Å²) < 4.78 is 0. The zero-order chi connectivity index (χ0) is 6.69. The molecule has 1 saturated carbocycles. The third kappa shape index (κ3) is 3.19. The molecule has 0 unspecified atom stereocenters. The average Bonchev–Trinajstić information content (AvgIpc) is 1.90. The van der Waals surface area contributed by atoms with Gasteiger partial charge >= 0.3 is 21.1 Å². The van der Waals surface area contributed by atoms with Crippen LogP contribution in [0.2, 0.25) is 0 Å². The summed E-state index contributed by atoms with van der Waals surface area (Å²) in [5.41, 5.74) is 0. The van der Waals surface area contributed by atoms with E-state index in [1.807, 2.05) is 0 Å². The van der Waals surface area contributed by atoms with Crippen LogP contribution in [0, 0.1) is 11.8 Å². The van der Waals surface area contributed by atoms with Gasteiger partial charge in [-0.15, -0.1) is 0 Å². The van der Waals surface area contributed by atoms with E-state index in [1.54, 1.807) is 5.92 Å². The molecule has 0 aromatic heterocycles. The van der Waals surface area contributed by atoms with E-state index in [4.69, 9.17) is 0 Å². The molecule has 1 rings (SSSR count). The first kappa shape index (κ1) is 10.7. The van der Waals surface area contributed by atoms with Gasteiger partial charge < -0.3 is 5.92 Å². The minimum atomic E-state index is 0. The number of hydrogen-bond donors (Lipinski definition) is 0. The second-order valence-electron chi connectivity index (χ2n) is 3.31. The first-order valence-corrected chi connectivity index (χ1v) is 4.14. The standard InChI is InChI=1S/C9H17.W/c1-3-9-6-4-8(2)5-7-9;/h9H,3-7H2,1-2H3;/q-1;+2. The summed E-state index contributed by atoms with van der Waals surface area (Å²) in [7, 11) is 0. The van der Waals surface area contributed by atoms with E-state index in [9.17, 15) is 0 Å². The van der Waals surface area contributed by atoms with Crippen LogP contribution < -0.4 is 0 Å². The Balaban J connectivity index is 0.000000810. The Labute approximate surface area is 79.0 Å². The molecular weight excluding hydrogens is 292 g/mol. The van der Waals surface area contributed by atoms with Gasteiger partial charge in [-0.25, -0.2) is 0 Å². The summed E-state index contributed by atoms with van der Waals surface area (Å²) in [5, 5.41) is 0. The minimum absolute atomic E-state index is 0. The predicted molar refractivity (Wildman–Crippen MR) is 41.2 cm³/mol. The zero-order valence-corrected chi connectivity index (χ0v) is 9.95. The van der Waals surface area contributed by atoms with Crippen molar-refractivity contribution in [3.8, 4) is 0 Å². The van der Waals surface area contributed by atoms with Gasteiger partial charge in [0.25, 0.3) is 0 Å². The van der Waals surface area contributed by atoms with Crippen molar-refractivity contribution in [3.05, 3.63) is 5.92 Å². The van der Waals surface area contributed by atoms with Crippen LogP contribution in [0.3, 0.4) is 0 Å². The third-order valence-electron chi connectivity index (χ3n) is 2.54. The number of hydrogen-bond acceptors (Lipinski definition) is 0. The predicted octanol–water partition coefficient (Wildman–Crippen LogP) is 3.18. The smallest absolute Gasteiger partial charge is 0.317 e. The molecule has 10 heavy (non-hydrogen) atoms. The van der Waals surface area contributed by atoms with Gasteiger partial charge in [0.2, 0.25) is 0 Å². The van der Waals surface area contributed by atoms with Gasteiger partial charge in [-0.3, -0.25) is 0 Å². The molecule has 0 N–H and O–H groups in total. The van der Waals surface area contributed by atoms with E-state index in [0.29, 0.717) is 0 Å². The molecule has 0 radical (unpaired) electrons. The molecule has 0 aromatic rings. The Hall–Kier alpha value is 0.688. The molecule has 0 nitrogen and oxygen atoms in total. The molecule has 0 aromatic carbocycles. The first-order chi connectivity index (χ1) is 4.33.